The zero-order valence-electron chi connectivity index (χ0n) is 9.41. The first-order chi connectivity index (χ1) is 8.85. The van der Waals surface area contributed by atoms with E-state index in [0.29, 0.717) is 16.9 Å². The Morgan fingerprint density at radius 2 is 1.94 bits per heavy atom. The van der Waals surface area contributed by atoms with E-state index in [9.17, 15) is 0 Å². The Labute approximate surface area is 107 Å². The lowest BCUT2D eigenvalue weighted by Gasteiger charge is -1.96. The largest absolute Gasteiger partial charge is 0.431 e. The maximum atomic E-state index is 5.58. The third-order valence-electron chi connectivity index (χ3n) is 2.37. The highest BCUT2D eigenvalue weighted by Gasteiger charge is 2.08. The third kappa shape index (κ3) is 2.20. The predicted octanol–water partition coefficient (Wildman–Crippen LogP) is 2.23. The normalized spacial score (nSPS) is 10.9. The van der Waals surface area contributed by atoms with E-state index < -0.39 is 0 Å². The summed E-state index contributed by atoms with van der Waals surface area (Å²) in [5.41, 5.74) is 7.98. The van der Waals surface area contributed by atoms with Gasteiger partial charge >= 0.3 is 0 Å². The second-order valence-electron chi connectivity index (χ2n) is 3.63. The number of para-hydroxylation sites is 2. The third-order valence-corrected chi connectivity index (χ3v) is 3.11. The fourth-order valence-corrected chi connectivity index (χ4v) is 2.12. The minimum absolute atomic E-state index is 0.438. The van der Waals surface area contributed by atoms with E-state index in [1.807, 2.05) is 24.3 Å². The van der Waals surface area contributed by atoms with Crippen molar-refractivity contribution >= 4 is 22.9 Å². The quantitative estimate of drug-likeness (QED) is 0.726. The number of nitrogens with zero attached hydrogens (tertiary/aromatic N) is 3. The van der Waals surface area contributed by atoms with Crippen LogP contribution in [-0.4, -0.2) is 15.0 Å². The maximum absolute atomic E-state index is 5.58. The smallest absolute Gasteiger partial charge is 0.264 e. The van der Waals surface area contributed by atoms with Crippen molar-refractivity contribution in [1.29, 1.82) is 0 Å². The molecule has 2 heterocycles. The van der Waals surface area contributed by atoms with Crippen LogP contribution in [0.4, 0.5) is 0 Å². The molecule has 0 radical (unpaired) electrons. The number of nitrogens with two attached hydrogens (primary N) is 1. The molecule has 0 bridgehead atoms. The molecule has 0 spiro atoms. The molecule has 2 aromatic heterocycles. The van der Waals surface area contributed by atoms with E-state index in [2.05, 4.69) is 15.0 Å². The lowest BCUT2D eigenvalue weighted by atomic mass is 10.3. The Balaban J connectivity index is 1.86. The topological polar surface area (TPSA) is 77.8 Å². The fourth-order valence-electron chi connectivity index (χ4n) is 1.47. The SMILES string of the molecule is NCc1cnc(Sc2nc3ccccc3o2)nc1. The van der Waals surface area contributed by atoms with Gasteiger partial charge in [0.2, 0.25) is 0 Å². The van der Waals surface area contributed by atoms with E-state index in [4.69, 9.17) is 10.2 Å². The monoisotopic (exact) mass is 258 g/mol. The van der Waals surface area contributed by atoms with Crippen LogP contribution in [0, 0.1) is 0 Å². The molecule has 0 fully saturated rings. The summed E-state index contributed by atoms with van der Waals surface area (Å²) in [7, 11) is 0. The summed E-state index contributed by atoms with van der Waals surface area (Å²) < 4.78 is 5.58. The molecule has 0 saturated carbocycles. The second-order valence-corrected chi connectivity index (χ2v) is 4.55. The van der Waals surface area contributed by atoms with E-state index in [-0.39, 0.29) is 0 Å². The van der Waals surface area contributed by atoms with Crippen molar-refractivity contribution in [3.63, 3.8) is 0 Å². The number of hydrogen-bond donors (Lipinski definition) is 1. The van der Waals surface area contributed by atoms with Crippen molar-refractivity contribution in [2.24, 2.45) is 5.73 Å². The Morgan fingerprint density at radius 3 is 2.67 bits per heavy atom. The van der Waals surface area contributed by atoms with Gasteiger partial charge in [0.1, 0.15) is 5.52 Å². The van der Waals surface area contributed by atoms with Crippen LogP contribution in [0.15, 0.2) is 51.5 Å². The average molecular weight is 258 g/mol. The summed E-state index contributed by atoms with van der Waals surface area (Å²) in [5, 5.41) is 1.13. The van der Waals surface area contributed by atoms with Gasteiger partial charge in [0.25, 0.3) is 5.22 Å². The first kappa shape index (κ1) is 11.2. The Hall–Kier alpha value is -1.92. The van der Waals surface area contributed by atoms with Crippen LogP contribution in [0.25, 0.3) is 11.1 Å². The summed E-state index contributed by atoms with van der Waals surface area (Å²) in [6.07, 6.45) is 3.41. The standard InChI is InChI=1S/C12H10N4OS/c13-5-8-6-14-11(15-7-8)18-12-16-9-3-1-2-4-10(9)17-12/h1-4,6-7H,5,13H2. The molecule has 0 aliphatic rings. The van der Waals surface area contributed by atoms with Gasteiger partial charge in [0, 0.05) is 36.3 Å². The van der Waals surface area contributed by atoms with Gasteiger partial charge in [-0.1, -0.05) is 12.1 Å². The van der Waals surface area contributed by atoms with E-state index in [1.165, 1.54) is 11.8 Å². The fraction of sp³-hybridized carbons (Fsp3) is 0.0833. The molecule has 18 heavy (non-hydrogen) atoms. The summed E-state index contributed by atoms with van der Waals surface area (Å²) >= 11 is 1.29. The molecule has 6 heteroatoms. The van der Waals surface area contributed by atoms with Crippen LogP contribution >= 0.6 is 11.8 Å². The average Bonchev–Trinajstić information content (AvgIpc) is 2.82. The van der Waals surface area contributed by atoms with Crippen LogP contribution < -0.4 is 5.73 Å². The van der Waals surface area contributed by atoms with Gasteiger partial charge in [0.05, 0.1) is 0 Å². The van der Waals surface area contributed by atoms with Crippen LogP contribution in [0.3, 0.4) is 0 Å². The predicted molar refractivity (Wildman–Crippen MR) is 68.1 cm³/mol. The summed E-state index contributed by atoms with van der Waals surface area (Å²) in [4.78, 5) is 12.7. The molecule has 3 aromatic rings. The molecule has 90 valence electrons. The molecular formula is C12H10N4OS. The maximum Gasteiger partial charge on any atom is 0.264 e. The Morgan fingerprint density at radius 1 is 1.17 bits per heavy atom. The van der Waals surface area contributed by atoms with Gasteiger partial charge in [-0.15, -0.1) is 0 Å². The van der Waals surface area contributed by atoms with Crippen molar-refractivity contribution in [3.05, 3.63) is 42.2 Å². The Kier molecular flexibility index (Phi) is 2.95. The number of rotatable bonds is 3. The number of fused-ring (bicyclic) bond motifs is 1. The Bertz CT molecular complexity index is 632. The number of hydrogen-bond acceptors (Lipinski definition) is 6. The van der Waals surface area contributed by atoms with Crippen molar-refractivity contribution in [2.45, 2.75) is 16.9 Å². The molecule has 0 aliphatic carbocycles. The van der Waals surface area contributed by atoms with Crippen LogP contribution in [-0.2, 0) is 6.54 Å². The number of benzene rings is 1. The van der Waals surface area contributed by atoms with E-state index in [0.717, 1.165) is 16.7 Å². The van der Waals surface area contributed by atoms with E-state index in [1.54, 1.807) is 12.4 Å². The molecule has 0 amide bonds. The van der Waals surface area contributed by atoms with Gasteiger partial charge in [-0.05, 0) is 12.1 Å². The first-order valence-corrected chi connectivity index (χ1v) is 6.21. The van der Waals surface area contributed by atoms with Crippen LogP contribution in [0.2, 0.25) is 0 Å². The highest BCUT2D eigenvalue weighted by Crippen LogP contribution is 2.27. The van der Waals surface area contributed by atoms with Gasteiger partial charge in [-0.3, -0.25) is 0 Å². The number of aromatic nitrogens is 3. The lowest BCUT2D eigenvalue weighted by molar-refractivity contribution is 0.488. The van der Waals surface area contributed by atoms with Gasteiger partial charge in [-0.2, -0.15) is 0 Å². The molecule has 0 saturated heterocycles. The zero-order chi connectivity index (χ0) is 12.4. The summed E-state index contributed by atoms with van der Waals surface area (Å²) in [5.74, 6) is 0. The van der Waals surface area contributed by atoms with Crippen molar-refractivity contribution in [3.8, 4) is 0 Å². The van der Waals surface area contributed by atoms with Crippen molar-refractivity contribution in [2.75, 3.05) is 0 Å². The van der Waals surface area contributed by atoms with E-state index >= 15 is 0 Å². The summed E-state index contributed by atoms with van der Waals surface area (Å²) in [6.45, 7) is 0.438. The molecule has 0 aliphatic heterocycles. The molecule has 3 rings (SSSR count). The molecule has 0 unspecified atom stereocenters. The van der Waals surface area contributed by atoms with Crippen molar-refractivity contribution in [1.82, 2.24) is 15.0 Å². The first-order valence-electron chi connectivity index (χ1n) is 5.39. The minimum Gasteiger partial charge on any atom is -0.431 e. The number of oxazole rings is 1. The molecule has 5 nitrogen and oxygen atoms in total. The highest BCUT2D eigenvalue weighted by atomic mass is 32.2. The molecule has 0 atom stereocenters. The highest BCUT2D eigenvalue weighted by molar-refractivity contribution is 7.98. The summed E-state index contributed by atoms with van der Waals surface area (Å²) in [6, 6.07) is 7.62. The van der Waals surface area contributed by atoms with Gasteiger partial charge < -0.3 is 10.2 Å². The molecular weight excluding hydrogens is 248 g/mol. The minimum atomic E-state index is 0.438. The van der Waals surface area contributed by atoms with Crippen LogP contribution in [0.5, 0.6) is 0 Å². The molecule has 1 aromatic carbocycles. The van der Waals surface area contributed by atoms with Gasteiger partial charge in [0.15, 0.2) is 10.7 Å². The van der Waals surface area contributed by atoms with Crippen molar-refractivity contribution < 1.29 is 4.42 Å². The second kappa shape index (κ2) is 4.75. The molecule has 2 N–H and O–H groups in total. The lowest BCUT2D eigenvalue weighted by Crippen LogP contribution is -1.98. The zero-order valence-corrected chi connectivity index (χ0v) is 10.2. The van der Waals surface area contributed by atoms with Gasteiger partial charge in [-0.25, -0.2) is 15.0 Å². The van der Waals surface area contributed by atoms with Crippen LogP contribution in [0.1, 0.15) is 5.56 Å².